The largest absolute Gasteiger partial charge is 0.323 e. The Labute approximate surface area is 172 Å². The van der Waals surface area contributed by atoms with Gasteiger partial charge in [0.05, 0.1) is 5.75 Å². The molecule has 0 radical (unpaired) electrons. The van der Waals surface area contributed by atoms with Gasteiger partial charge in [-0.1, -0.05) is 46.3 Å². The highest BCUT2D eigenvalue weighted by Gasteiger charge is 2.38. The normalized spacial score (nSPS) is 21.8. The quantitative estimate of drug-likeness (QED) is 0.669. The number of nitrogens with zero attached hydrogens (tertiary/aromatic N) is 2. The minimum absolute atomic E-state index is 0.0120. The van der Waals surface area contributed by atoms with Crippen molar-refractivity contribution in [2.45, 2.75) is 30.8 Å². The molecule has 2 aromatic carbocycles. The van der Waals surface area contributed by atoms with Crippen LogP contribution in [-0.4, -0.2) is 40.6 Å². The molecule has 3 nitrogen and oxygen atoms in total. The number of piperidine rings is 1. The average Bonchev–Trinajstić information content (AvgIpc) is 3.06. The molecule has 2 saturated heterocycles. The Hall–Kier alpha value is -1.37. The molecular formula is C21H22BrFN2OS. The number of amides is 1. The van der Waals surface area contributed by atoms with Gasteiger partial charge in [0, 0.05) is 30.1 Å². The molecule has 142 valence electrons. The molecule has 6 heteroatoms. The first-order valence-corrected chi connectivity index (χ1v) is 11.1. The standard InChI is InChI=1S/C21H22BrFN2OS/c22-19-4-2-1-3-16(19)13-24-11-9-18(10-12-24)25-20(26)14-27-21(25)15-5-7-17(23)8-6-15/h1-8,18,21H,9-14H2. The Bertz CT molecular complexity index is 808. The summed E-state index contributed by atoms with van der Waals surface area (Å²) in [5.74, 6) is 0.484. The van der Waals surface area contributed by atoms with E-state index in [1.807, 2.05) is 11.0 Å². The predicted molar refractivity (Wildman–Crippen MR) is 111 cm³/mol. The van der Waals surface area contributed by atoms with Crippen molar-refractivity contribution < 1.29 is 9.18 Å². The van der Waals surface area contributed by atoms with Gasteiger partial charge >= 0.3 is 0 Å². The Balaban J connectivity index is 1.41. The van der Waals surface area contributed by atoms with E-state index in [-0.39, 0.29) is 23.1 Å². The summed E-state index contributed by atoms with van der Waals surface area (Å²) >= 11 is 5.28. The minimum Gasteiger partial charge on any atom is -0.323 e. The highest BCUT2D eigenvalue weighted by Crippen LogP contribution is 2.41. The second kappa shape index (κ2) is 8.33. The zero-order chi connectivity index (χ0) is 18.8. The van der Waals surface area contributed by atoms with E-state index in [2.05, 4.69) is 39.0 Å². The molecule has 0 spiro atoms. The number of likely N-dealkylation sites (tertiary alicyclic amines) is 1. The van der Waals surface area contributed by atoms with Gasteiger partial charge in [-0.05, 0) is 42.2 Å². The van der Waals surface area contributed by atoms with Crippen molar-refractivity contribution in [3.63, 3.8) is 0 Å². The molecule has 0 saturated carbocycles. The van der Waals surface area contributed by atoms with Gasteiger partial charge in [-0.3, -0.25) is 9.69 Å². The Kier molecular flexibility index (Phi) is 5.85. The van der Waals surface area contributed by atoms with Gasteiger partial charge < -0.3 is 4.90 Å². The molecule has 2 aliphatic heterocycles. The van der Waals surface area contributed by atoms with Crippen molar-refractivity contribution in [3.8, 4) is 0 Å². The number of halogens is 2. The summed E-state index contributed by atoms with van der Waals surface area (Å²) in [6.45, 7) is 2.89. The second-order valence-electron chi connectivity index (χ2n) is 7.11. The first-order chi connectivity index (χ1) is 13.1. The van der Waals surface area contributed by atoms with Crippen LogP contribution >= 0.6 is 27.7 Å². The summed E-state index contributed by atoms with van der Waals surface area (Å²) in [6.07, 6.45) is 1.96. The third-order valence-electron chi connectivity index (χ3n) is 5.36. The van der Waals surface area contributed by atoms with Gasteiger partial charge in [0.25, 0.3) is 0 Å². The van der Waals surface area contributed by atoms with Gasteiger partial charge in [0.15, 0.2) is 0 Å². The summed E-state index contributed by atoms with van der Waals surface area (Å²) in [4.78, 5) is 17.1. The molecule has 1 atom stereocenters. The summed E-state index contributed by atoms with van der Waals surface area (Å²) < 4.78 is 14.4. The maximum Gasteiger partial charge on any atom is 0.234 e. The van der Waals surface area contributed by atoms with Crippen LogP contribution in [0.15, 0.2) is 53.0 Å². The van der Waals surface area contributed by atoms with Gasteiger partial charge in [0.1, 0.15) is 11.2 Å². The highest BCUT2D eigenvalue weighted by molar-refractivity contribution is 9.10. The molecule has 2 fully saturated rings. The molecule has 0 aliphatic carbocycles. The van der Waals surface area contributed by atoms with Gasteiger partial charge in [-0.15, -0.1) is 11.8 Å². The first-order valence-electron chi connectivity index (χ1n) is 9.26. The van der Waals surface area contributed by atoms with Crippen LogP contribution in [0.2, 0.25) is 0 Å². The fourth-order valence-electron chi connectivity index (χ4n) is 3.94. The molecule has 1 amide bonds. The minimum atomic E-state index is -0.236. The van der Waals surface area contributed by atoms with Crippen molar-refractivity contribution in [1.82, 2.24) is 9.80 Å². The Morgan fingerprint density at radius 1 is 1.07 bits per heavy atom. The van der Waals surface area contributed by atoms with Crippen molar-refractivity contribution in [3.05, 3.63) is 69.9 Å². The summed E-state index contributed by atoms with van der Waals surface area (Å²) in [5, 5.41) is 0.0120. The van der Waals surface area contributed by atoms with E-state index in [4.69, 9.17) is 0 Å². The van der Waals surface area contributed by atoms with Gasteiger partial charge in [0.2, 0.25) is 5.91 Å². The summed E-state index contributed by atoms with van der Waals surface area (Å²) in [6, 6.07) is 15.2. The zero-order valence-corrected chi connectivity index (χ0v) is 17.4. The van der Waals surface area contributed by atoms with E-state index >= 15 is 0 Å². The topological polar surface area (TPSA) is 23.6 Å². The van der Waals surface area contributed by atoms with Crippen LogP contribution in [0.5, 0.6) is 0 Å². The molecule has 0 bridgehead atoms. The van der Waals surface area contributed by atoms with Crippen LogP contribution in [0.4, 0.5) is 4.39 Å². The predicted octanol–water partition coefficient (Wildman–Crippen LogP) is 4.83. The number of hydrogen-bond acceptors (Lipinski definition) is 3. The molecule has 4 rings (SSSR count). The number of thioether (sulfide) groups is 1. The van der Waals surface area contributed by atoms with Crippen LogP contribution in [0.25, 0.3) is 0 Å². The SMILES string of the molecule is O=C1CSC(c2ccc(F)cc2)N1C1CCN(Cc2ccccc2Br)CC1. The fourth-order valence-corrected chi connectivity index (χ4v) is 5.60. The molecule has 2 aliphatic rings. The van der Waals surface area contributed by atoms with E-state index in [1.165, 1.54) is 17.7 Å². The van der Waals surface area contributed by atoms with Crippen LogP contribution < -0.4 is 0 Å². The monoisotopic (exact) mass is 448 g/mol. The number of benzene rings is 2. The maximum absolute atomic E-state index is 13.3. The van der Waals surface area contributed by atoms with E-state index in [0.717, 1.165) is 42.5 Å². The van der Waals surface area contributed by atoms with Crippen molar-refractivity contribution in [1.29, 1.82) is 0 Å². The molecule has 0 N–H and O–H groups in total. The third-order valence-corrected chi connectivity index (χ3v) is 7.37. The molecule has 2 aromatic rings. The smallest absolute Gasteiger partial charge is 0.234 e. The Morgan fingerprint density at radius 3 is 2.48 bits per heavy atom. The number of rotatable bonds is 4. The molecule has 1 unspecified atom stereocenters. The second-order valence-corrected chi connectivity index (χ2v) is 9.04. The van der Waals surface area contributed by atoms with Crippen molar-refractivity contribution in [2.24, 2.45) is 0 Å². The lowest BCUT2D eigenvalue weighted by molar-refractivity contribution is -0.131. The molecule has 27 heavy (non-hydrogen) atoms. The zero-order valence-electron chi connectivity index (χ0n) is 15.0. The van der Waals surface area contributed by atoms with Crippen LogP contribution in [0, 0.1) is 5.82 Å². The number of hydrogen-bond donors (Lipinski definition) is 0. The van der Waals surface area contributed by atoms with Gasteiger partial charge in [-0.2, -0.15) is 0 Å². The lowest BCUT2D eigenvalue weighted by Gasteiger charge is -2.39. The molecule has 2 heterocycles. The van der Waals surface area contributed by atoms with Crippen molar-refractivity contribution >= 4 is 33.6 Å². The maximum atomic E-state index is 13.3. The number of carbonyl (C=O) groups excluding carboxylic acids is 1. The van der Waals surface area contributed by atoms with Crippen molar-refractivity contribution in [2.75, 3.05) is 18.8 Å². The van der Waals surface area contributed by atoms with Gasteiger partial charge in [-0.25, -0.2) is 4.39 Å². The third kappa shape index (κ3) is 4.23. The fraction of sp³-hybridized carbons (Fsp3) is 0.381. The van der Waals surface area contributed by atoms with Crippen LogP contribution in [0.3, 0.4) is 0 Å². The number of carbonyl (C=O) groups is 1. The van der Waals surface area contributed by atoms with E-state index in [1.54, 1.807) is 23.9 Å². The summed E-state index contributed by atoms with van der Waals surface area (Å²) in [5.41, 5.74) is 2.32. The summed E-state index contributed by atoms with van der Waals surface area (Å²) in [7, 11) is 0. The van der Waals surface area contributed by atoms with Crippen LogP contribution in [0.1, 0.15) is 29.3 Å². The average molecular weight is 449 g/mol. The highest BCUT2D eigenvalue weighted by atomic mass is 79.9. The lowest BCUT2D eigenvalue weighted by atomic mass is 10.0. The van der Waals surface area contributed by atoms with E-state index in [9.17, 15) is 9.18 Å². The first kappa shape index (κ1) is 19.0. The van der Waals surface area contributed by atoms with Crippen LogP contribution in [-0.2, 0) is 11.3 Å². The molecular weight excluding hydrogens is 427 g/mol. The van der Waals surface area contributed by atoms with E-state index < -0.39 is 0 Å². The molecule has 0 aromatic heterocycles. The lowest BCUT2D eigenvalue weighted by Crippen LogP contribution is -2.46. The Morgan fingerprint density at radius 2 is 1.78 bits per heavy atom. The van der Waals surface area contributed by atoms with E-state index in [0.29, 0.717) is 5.75 Å².